The average molecular weight is 271 g/mol. The van der Waals surface area contributed by atoms with Crippen molar-refractivity contribution in [3.05, 3.63) is 35.7 Å². The summed E-state index contributed by atoms with van der Waals surface area (Å²) in [7, 11) is 0. The molecule has 0 atom stereocenters. The number of hydrogen-bond acceptors (Lipinski definition) is 3. The van der Waals surface area contributed by atoms with E-state index in [0.717, 1.165) is 43.3 Å². The summed E-state index contributed by atoms with van der Waals surface area (Å²) in [4.78, 5) is 8.16. The Kier molecular flexibility index (Phi) is 3.74. The molecule has 0 amide bonds. The van der Waals surface area contributed by atoms with E-state index in [1.165, 1.54) is 11.4 Å². The standard InChI is InChI=1S/C16H21N3O/c1-11(2)10-20-15-6-4-3-5-12(15)16-18-13-7-8-17-9-14(13)19-16/h3-6,11,17H,7-10H2,1-2H3,(H,18,19). The number of ether oxygens (including phenoxy) is 1. The van der Waals surface area contributed by atoms with Crippen LogP contribution in [0.4, 0.5) is 0 Å². The molecule has 20 heavy (non-hydrogen) atoms. The topological polar surface area (TPSA) is 49.9 Å². The first-order valence-corrected chi connectivity index (χ1v) is 7.24. The Morgan fingerprint density at radius 1 is 1.30 bits per heavy atom. The first kappa shape index (κ1) is 13.2. The van der Waals surface area contributed by atoms with Gasteiger partial charge in [-0.2, -0.15) is 0 Å². The van der Waals surface area contributed by atoms with Crippen LogP contribution in [0.3, 0.4) is 0 Å². The number of aromatic nitrogens is 2. The van der Waals surface area contributed by atoms with E-state index in [-0.39, 0.29) is 0 Å². The van der Waals surface area contributed by atoms with Crippen LogP contribution in [-0.4, -0.2) is 23.1 Å². The number of para-hydroxylation sites is 1. The summed E-state index contributed by atoms with van der Waals surface area (Å²) in [6, 6.07) is 8.10. The van der Waals surface area contributed by atoms with Crippen molar-refractivity contribution in [1.29, 1.82) is 0 Å². The lowest BCUT2D eigenvalue weighted by atomic mass is 10.2. The molecule has 0 bridgehead atoms. The molecule has 0 radical (unpaired) electrons. The van der Waals surface area contributed by atoms with Crippen molar-refractivity contribution < 1.29 is 4.74 Å². The zero-order chi connectivity index (χ0) is 13.9. The van der Waals surface area contributed by atoms with Crippen LogP contribution in [0.15, 0.2) is 24.3 Å². The van der Waals surface area contributed by atoms with Crippen LogP contribution in [0.2, 0.25) is 0 Å². The second-order valence-electron chi connectivity index (χ2n) is 5.64. The molecule has 4 heteroatoms. The second kappa shape index (κ2) is 5.67. The highest BCUT2D eigenvalue weighted by Crippen LogP contribution is 2.29. The molecule has 106 valence electrons. The Balaban J connectivity index is 1.91. The quantitative estimate of drug-likeness (QED) is 0.899. The molecule has 4 nitrogen and oxygen atoms in total. The molecular formula is C16H21N3O. The summed E-state index contributed by atoms with van der Waals surface area (Å²) >= 11 is 0. The maximum absolute atomic E-state index is 5.91. The van der Waals surface area contributed by atoms with Crippen molar-refractivity contribution in [2.24, 2.45) is 5.92 Å². The van der Waals surface area contributed by atoms with E-state index < -0.39 is 0 Å². The van der Waals surface area contributed by atoms with Gasteiger partial charge in [0.05, 0.1) is 23.6 Å². The summed E-state index contributed by atoms with van der Waals surface area (Å²) in [5.74, 6) is 2.33. The largest absolute Gasteiger partial charge is 0.493 e. The van der Waals surface area contributed by atoms with E-state index in [4.69, 9.17) is 9.72 Å². The number of aromatic amines is 1. The third kappa shape index (κ3) is 2.70. The lowest BCUT2D eigenvalue weighted by molar-refractivity contribution is 0.272. The second-order valence-corrected chi connectivity index (χ2v) is 5.64. The molecular weight excluding hydrogens is 250 g/mol. The highest BCUT2D eigenvalue weighted by molar-refractivity contribution is 5.64. The van der Waals surface area contributed by atoms with Crippen molar-refractivity contribution in [3.63, 3.8) is 0 Å². The summed E-state index contributed by atoms with van der Waals surface area (Å²) in [6.07, 6.45) is 0.987. The zero-order valence-corrected chi connectivity index (χ0v) is 12.1. The number of nitrogens with one attached hydrogen (secondary N) is 2. The number of benzene rings is 1. The summed E-state index contributed by atoms with van der Waals surface area (Å²) in [5, 5.41) is 3.36. The highest BCUT2D eigenvalue weighted by Gasteiger charge is 2.16. The lowest BCUT2D eigenvalue weighted by Crippen LogP contribution is -2.23. The molecule has 0 aliphatic carbocycles. The molecule has 1 aliphatic rings. The summed E-state index contributed by atoms with van der Waals surface area (Å²) < 4.78 is 5.91. The fourth-order valence-electron chi connectivity index (χ4n) is 2.39. The Morgan fingerprint density at radius 2 is 2.15 bits per heavy atom. The average Bonchev–Trinajstić information content (AvgIpc) is 2.89. The van der Waals surface area contributed by atoms with Crippen molar-refractivity contribution in [2.45, 2.75) is 26.8 Å². The number of rotatable bonds is 4. The SMILES string of the molecule is CC(C)COc1ccccc1-c1nc2c([nH]1)CNCC2. The van der Waals surface area contributed by atoms with Crippen LogP contribution in [0, 0.1) is 5.92 Å². The fraction of sp³-hybridized carbons (Fsp3) is 0.438. The minimum atomic E-state index is 0.511. The molecule has 1 aliphatic heterocycles. The minimum Gasteiger partial charge on any atom is -0.493 e. The number of imidazole rings is 1. The molecule has 0 spiro atoms. The number of H-pyrrole nitrogens is 1. The van der Waals surface area contributed by atoms with Crippen LogP contribution in [0.25, 0.3) is 11.4 Å². The Bertz CT molecular complexity index is 566. The predicted octanol–water partition coefficient (Wildman–Crippen LogP) is 2.76. The van der Waals surface area contributed by atoms with Gasteiger partial charge < -0.3 is 15.0 Å². The van der Waals surface area contributed by atoms with Gasteiger partial charge in [-0.25, -0.2) is 4.98 Å². The van der Waals surface area contributed by atoms with Crippen LogP contribution in [0.5, 0.6) is 5.75 Å². The molecule has 1 aromatic heterocycles. The first-order chi connectivity index (χ1) is 9.74. The molecule has 0 saturated carbocycles. The first-order valence-electron chi connectivity index (χ1n) is 7.24. The monoisotopic (exact) mass is 271 g/mol. The van der Waals surface area contributed by atoms with Gasteiger partial charge in [0, 0.05) is 19.5 Å². The van der Waals surface area contributed by atoms with E-state index in [0.29, 0.717) is 5.92 Å². The Morgan fingerprint density at radius 3 is 2.95 bits per heavy atom. The van der Waals surface area contributed by atoms with E-state index in [2.05, 4.69) is 30.2 Å². The van der Waals surface area contributed by atoms with E-state index in [1.807, 2.05) is 18.2 Å². The van der Waals surface area contributed by atoms with Gasteiger partial charge in [-0.05, 0) is 18.1 Å². The zero-order valence-electron chi connectivity index (χ0n) is 12.1. The Labute approximate surface area is 119 Å². The predicted molar refractivity (Wildman–Crippen MR) is 79.8 cm³/mol. The van der Waals surface area contributed by atoms with Crippen molar-refractivity contribution in [2.75, 3.05) is 13.2 Å². The van der Waals surface area contributed by atoms with Gasteiger partial charge in [0.2, 0.25) is 0 Å². The molecule has 0 saturated heterocycles. The maximum atomic E-state index is 5.91. The van der Waals surface area contributed by atoms with Crippen LogP contribution in [0.1, 0.15) is 25.2 Å². The molecule has 0 unspecified atom stereocenters. The lowest BCUT2D eigenvalue weighted by Gasteiger charge is -2.11. The Hall–Kier alpha value is -1.81. The normalized spacial score (nSPS) is 14.3. The van der Waals surface area contributed by atoms with E-state index in [9.17, 15) is 0 Å². The van der Waals surface area contributed by atoms with E-state index in [1.54, 1.807) is 0 Å². The van der Waals surface area contributed by atoms with Crippen molar-refractivity contribution in [1.82, 2.24) is 15.3 Å². The van der Waals surface area contributed by atoms with Crippen LogP contribution in [-0.2, 0) is 13.0 Å². The van der Waals surface area contributed by atoms with Gasteiger partial charge in [0.15, 0.2) is 0 Å². The summed E-state index contributed by atoms with van der Waals surface area (Å²) in [6.45, 7) is 6.90. The molecule has 0 fully saturated rings. The van der Waals surface area contributed by atoms with Gasteiger partial charge in [0.25, 0.3) is 0 Å². The summed E-state index contributed by atoms with van der Waals surface area (Å²) in [5.41, 5.74) is 3.42. The van der Waals surface area contributed by atoms with Gasteiger partial charge in [-0.3, -0.25) is 0 Å². The van der Waals surface area contributed by atoms with Crippen molar-refractivity contribution >= 4 is 0 Å². The highest BCUT2D eigenvalue weighted by atomic mass is 16.5. The van der Waals surface area contributed by atoms with Crippen LogP contribution < -0.4 is 10.1 Å². The molecule has 2 heterocycles. The smallest absolute Gasteiger partial charge is 0.141 e. The number of fused-ring (bicyclic) bond motifs is 1. The van der Waals surface area contributed by atoms with Crippen LogP contribution >= 0.6 is 0 Å². The maximum Gasteiger partial charge on any atom is 0.141 e. The molecule has 2 N–H and O–H groups in total. The molecule has 2 aromatic rings. The van der Waals surface area contributed by atoms with Gasteiger partial charge in [0.1, 0.15) is 11.6 Å². The van der Waals surface area contributed by atoms with Gasteiger partial charge in [-0.1, -0.05) is 26.0 Å². The molecule has 3 rings (SSSR count). The third-order valence-corrected chi connectivity index (χ3v) is 3.42. The fourth-order valence-corrected chi connectivity index (χ4v) is 2.39. The van der Waals surface area contributed by atoms with E-state index >= 15 is 0 Å². The number of nitrogens with zero attached hydrogens (tertiary/aromatic N) is 1. The van der Waals surface area contributed by atoms with Crippen molar-refractivity contribution in [3.8, 4) is 17.1 Å². The third-order valence-electron chi connectivity index (χ3n) is 3.42. The molecule has 1 aromatic carbocycles. The number of hydrogen-bond donors (Lipinski definition) is 2. The van der Waals surface area contributed by atoms with Gasteiger partial charge in [-0.15, -0.1) is 0 Å². The van der Waals surface area contributed by atoms with Gasteiger partial charge >= 0.3 is 0 Å². The minimum absolute atomic E-state index is 0.511.